The van der Waals surface area contributed by atoms with E-state index in [4.69, 9.17) is 11.6 Å². The molecule has 106 valence electrons. The van der Waals surface area contributed by atoms with Crippen molar-refractivity contribution in [2.24, 2.45) is 0 Å². The molecular formula is C14H17ClN4O. The Kier molecular flexibility index (Phi) is 4.29. The number of benzene rings is 1. The number of aromatic nitrogens is 2. The molecule has 20 heavy (non-hydrogen) atoms. The van der Waals surface area contributed by atoms with Gasteiger partial charge in [-0.1, -0.05) is 11.6 Å². The Hall–Kier alpha value is -2.01. The summed E-state index contributed by atoms with van der Waals surface area (Å²) in [6.45, 7) is 4.04. The molecule has 0 saturated carbocycles. The molecule has 0 fully saturated rings. The van der Waals surface area contributed by atoms with Crippen LogP contribution in [0.5, 0.6) is 0 Å². The van der Waals surface area contributed by atoms with Crippen LogP contribution in [0.4, 0.5) is 11.4 Å². The third-order valence-electron chi connectivity index (χ3n) is 2.88. The lowest BCUT2D eigenvalue weighted by atomic mass is 10.1. The quantitative estimate of drug-likeness (QED) is 0.908. The Morgan fingerprint density at radius 3 is 2.75 bits per heavy atom. The number of hydrogen-bond donors (Lipinski definition) is 2. The minimum Gasteiger partial charge on any atom is -0.387 e. The standard InChI is InChI=1S/C14H17ClN4O/c1-9(2)19-8-11(7-17-19)18-14(20)12-6-10(15)4-5-13(12)16-3/h4-9,16H,1-3H3,(H,18,20). The molecule has 0 bridgehead atoms. The molecule has 2 aromatic rings. The lowest BCUT2D eigenvalue weighted by Crippen LogP contribution is -2.13. The molecule has 0 aliphatic rings. The number of nitrogens with zero attached hydrogens (tertiary/aromatic N) is 2. The van der Waals surface area contributed by atoms with Crippen molar-refractivity contribution in [3.05, 3.63) is 41.2 Å². The van der Waals surface area contributed by atoms with Gasteiger partial charge in [-0.05, 0) is 32.0 Å². The van der Waals surface area contributed by atoms with Gasteiger partial charge in [-0.2, -0.15) is 5.10 Å². The highest BCUT2D eigenvalue weighted by atomic mass is 35.5. The molecule has 5 nitrogen and oxygen atoms in total. The smallest absolute Gasteiger partial charge is 0.257 e. The first-order valence-corrected chi connectivity index (χ1v) is 6.72. The van der Waals surface area contributed by atoms with Crippen LogP contribution >= 0.6 is 11.6 Å². The molecule has 0 atom stereocenters. The number of nitrogens with one attached hydrogen (secondary N) is 2. The first-order valence-electron chi connectivity index (χ1n) is 6.34. The molecule has 0 radical (unpaired) electrons. The summed E-state index contributed by atoms with van der Waals surface area (Å²) < 4.78 is 1.78. The van der Waals surface area contributed by atoms with E-state index in [0.29, 0.717) is 16.3 Å². The topological polar surface area (TPSA) is 59.0 Å². The molecule has 0 spiro atoms. The Labute approximate surface area is 122 Å². The van der Waals surface area contributed by atoms with Gasteiger partial charge in [0.1, 0.15) is 0 Å². The summed E-state index contributed by atoms with van der Waals surface area (Å²) >= 11 is 5.94. The Bertz CT molecular complexity index is 621. The van der Waals surface area contributed by atoms with Gasteiger partial charge < -0.3 is 10.6 Å². The molecule has 0 aliphatic heterocycles. The number of hydrogen-bond acceptors (Lipinski definition) is 3. The minimum atomic E-state index is -0.222. The average Bonchev–Trinajstić information content (AvgIpc) is 2.87. The largest absolute Gasteiger partial charge is 0.387 e. The first-order chi connectivity index (χ1) is 9.51. The fraction of sp³-hybridized carbons (Fsp3) is 0.286. The van der Waals surface area contributed by atoms with Crippen LogP contribution in [0, 0.1) is 0 Å². The molecule has 2 N–H and O–H groups in total. The van der Waals surface area contributed by atoms with Gasteiger partial charge in [0.15, 0.2) is 0 Å². The lowest BCUT2D eigenvalue weighted by Gasteiger charge is -2.09. The van der Waals surface area contributed by atoms with Crippen molar-refractivity contribution in [1.82, 2.24) is 9.78 Å². The zero-order valence-corrected chi connectivity index (χ0v) is 12.4. The van der Waals surface area contributed by atoms with Crippen LogP contribution in [0.3, 0.4) is 0 Å². The molecule has 2 rings (SSSR count). The summed E-state index contributed by atoms with van der Waals surface area (Å²) in [7, 11) is 1.76. The second kappa shape index (κ2) is 5.96. The summed E-state index contributed by atoms with van der Waals surface area (Å²) in [5, 5.41) is 10.5. The van der Waals surface area contributed by atoms with E-state index in [2.05, 4.69) is 15.7 Å². The normalized spacial score (nSPS) is 10.7. The van der Waals surface area contributed by atoms with E-state index in [-0.39, 0.29) is 11.9 Å². The van der Waals surface area contributed by atoms with E-state index >= 15 is 0 Å². The predicted molar refractivity (Wildman–Crippen MR) is 81.6 cm³/mol. The Morgan fingerprint density at radius 1 is 1.40 bits per heavy atom. The van der Waals surface area contributed by atoms with E-state index in [1.165, 1.54) is 0 Å². The average molecular weight is 293 g/mol. The minimum absolute atomic E-state index is 0.222. The Balaban J connectivity index is 2.21. The van der Waals surface area contributed by atoms with Crippen molar-refractivity contribution in [3.8, 4) is 0 Å². The highest BCUT2D eigenvalue weighted by Crippen LogP contribution is 2.21. The molecule has 6 heteroatoms. The van der Waals surface area contributed by atoms with E-state index < -0.39 is 0 Å². The maximum atomic E-state index is 12.3. The van der Waals surface area contributed by atoms with Crippen molar-refractivity contribution < 1.29 is 4.79 Å². The molecule has 0 aliphatic carbocycles. The summed E-state index contributed by atoms with van der Waals surface area (Å²) in [5.74, 6) is -0.222. The summed E-state index contributed by atoms with van der Waals surface area (Å²) in [5.41, 5.74) is 1.88. The van der Waals surface area contributed by atoms with E-state index in [1.807, 2.05) is 13.8 Å². The van der Waals surface area contributed by atoms with Gasteiger partial charge in [-0.3, -0.25) is 9.48 Å². The third-order valence-corrected chi connectivity index (χ3v) is 3.12. The monoisotopic (exact) mass is 292 g/mol. The first kappa shape index (κ1) is 14.4. The molecule has 1 aromatic carbocycles. The fourth-order valence-corrected chi connectivity index (χ4v) is 1.98. The van der Waals surface area contributed by atoms with Gasteiger partial charge in [0.05, 0.1) is 17.4 Å². The van der Waals surface area contributed by atoms with Crippen LogP contribution in [-0.2, 0) is 0 Å². The van der Waals surface area contributed by atoms with Crippen molar-refractivity contribution in [2.45, 2.75) is 19.9 Å². The molecular weight excluding hydrogens is 276 g/mol. The van der Waals surface area contributed by atoms with Gasteiger partial charge in [0.2, 0.25) is 0 Å². The molecule has 0 unspecified atom stereocenters. The van der Waals surface area contributed by atoms with Crippen molar-refractivity contribution >= 4 is 28.9 Å². The van der Waals surface area contributed by atoms with Crippen LogP contribution in [0.25, 0.3) is 0 Å². The van der Waals surface area contributed by atoms with Gasteiger partial charge in [0.25, 0.3) is 5.91 Å². The zero-order valence-electron chi connectivity index (χ0n) is 11.6. The van der Waals surface area contributed by atoms with E-state index in [1.54, 1.807) is 42.3 Å². The summed E-state index contributed by atoms with van der Waals surface area (Å²) in [4.78, 5) is 12.3. The lowest BCUT2D eigenvalue weighted by molar-refractivity contribution is 0.102. The highest BCUT2D eigenvalue weighted by molar-refractivity contribution is 6.31. The van der Waals surface area contributed by atoms with Crippen LogP contribution in [-0.4, -0.2) is 22.7 Å². The van der Waals surface area contributed by atoms with Gasteiger partial charge in [-0.15, -0.1) is 0 Å². The number of halogens is 1. The van der Waals surface area contributed by atoms with E-state index in [9.17, 15) is 4.79 Å². The second-order valence-electron chi connectivity index (χ2n) is 4.70. The number of rotatable bonds is 4. The number of carbonyl (C=O) groups excluding carboxylic acids is 1. The van der Waals surface area contributed by atoms with Crippen molar-refractivity contribution in [2.75, 3.05) is 17.7 Å². The van der Waals surface area contributed by atoms with Crippen LogP contribution < -0.4 is 10.6 Å². The Morgan fingerprint density at radius 2 is 2.15 bits per heavy atom. The van der Waals surface area contributed by atoms with Gasteiger partial charge >= 0.3 is 0 Å². The number of carbonyl (C=O) groups is 1. The van der Waals surface area contributed by atoms with Crippen LogP contribution in [0.15, 0.2) is 30.6 Å². The summed E-state index contributed by atoms with van der Waals surface area (Å²) in [6.07, 6.45) is 3.42. The zero-order chi connectivity index (χ0) is 14.7. The van der Waals surface area contributed by atoms with Gasteiger partial charge in [0, 0.05) is 30.0 Å². The van der Waals surface area contributed by atoms with Crippen LogP contribution in [0.1, 0.15) is 30.2 Å². The van der Waals surface area contributed by atoms with Gasteiger partial charge in [-0.25, -0.2) is 0 Å². The second-order valence-corrected chi connectivity index (χ2v) is 5.13. The third kappa shape index (κ3) is 3.11. The predicted octanol–water partition coefficient (Wildman–Crippen LogP) is 3.41. The maximum Gasteiger partial charge on any atom is 0.257 e. The molecule has 1 amide bonds. The fourth-order valence-electron chi connectivity index (χ4n) is 1.81. The van der Waals surface area contributed by atoms with Crippen molar-refractivity contribution in [1.29, 1.82) is 0 Å². The van der Waals surface area contributed by atoms with Crippen molar-refractivity contribution in [3.63, 3.8) is 0 Å². The molecule has 1 aromatic heterocycles. The number of anilines is 2. The highest BCUT2D eigenvalue weighted by Gasteiger charge is 2.13. The molecule has 0 saturated heterocycles. The summed E-state index contributed by atoms with van der Waals surface area (Å²) in [6, 6.07) is 5.39. The maximum absolute atomic E-state index is 12.3. The van der Waals surface area contributed by atoms with E-state index in [0.717, 1.165) is 5.69 Å². The van der Waals surface area contributed by atoms with Crippen LogP contribution in [0.2, 0.25) is 5.02 Å². The SMILES string of the molecule is CNc1ccc(Cl)cc1C(=O)Nc1cnn(C(C)C)c1. The number of amides is 1. The molecule has 1 heterocycles.